The van der Waals surface area contributed by atoms with Crippen molar-refractivity contribution in [1.29, 1.82) is 0 Å². The predicted octanol–water partition coefficient (Wildman–Crippen LogP) is 10.2. The van der Waals surface area contributed by atoms with Gasteiger partial charge in [-0.05, 0) is 60.0 Å². The molecule has 218 valence electrons. The average Bonchev–Trinajstić information content (AvgIpc) is 3.13. The van der Waals surface area contributed by atoms with Crippen LogP contribution < -0.4 is 9.80 Å². The fourth-order valence-electron chi connectivity index (χ4n) is 5.84. The smallest absolute Gasteiger partial charge is 0.240 e. The molecule has 6 heteroatoms. The van der Waals surface area contributed by atoms with Gasteiger partial charge in [0.2, 0.25) is 11.9 Å². The van der Waals surface area contributed by atoms with Crippen LogP contribution in [0, 0.1) is 0 Å². The van der Waals surface area contributed by atoms with Gasteiger partial charge in [-0.2, -0.15) is 15.0 Å². The summed E-state index contributed by atoms with van der Waals surface area (Å²) in [5.41, 5.74) is 5.61. The molecule has 2 aromatic heterocycles. The molecule has 0 spiro atoms. The lowest BCUT2D eigenvalue weighted by Crippen LogP contribution is -2.19. The maximum absolute atomic E-state index is 5.21. The first-order chi connectivity index (χ1) is 22.8. The number of para-hydroxylation sites is 4. The molecule has 0 bridgehead atoms. The Morgan fingerprint density at radius 2 is 0.870 bits per heavy atom. The number of aromatic nitrogens is 4. The molecule has 0 saturated heterocycles. The summed E-state index contributed by atoms with van der Waals surface area (Å²) in [4.78, 5) is 24.5. The van der Waals surface area contributed by atoms with Crippen LogP contribution in [-0.2, 0) is 0 Å². The second-order valence-electron chi connectivity index (χ2n) is 10.8. The van der Waals surface area contributed by atoms with Crippen LogP contribution in [0.15, 0.2) is 170 Å². The van der Waals surface area contributed by atoms with E-state index in [4.69, 9.17) is 19.9 Å². The lowest BCUT2D eigenvalue weighted by molar-refractivity contribution is 0.990. The first-order valence-electron chi connectivity index (χ1n) is 15.2. The van der Waals surface area contributed by atoms with E-state index in [2.05, 4.69) is 88.7 Å². The molecule has 0 aliphatic heterocycles. The Morgan fingerprint density at radius 3 is 1.37 bits per heavy atom. The van der Waals surface area contributed by atoms with E-state index in [-0.39, 0.29) is 0 Å². The largest absolute Gasteiger partial charge is 0.279 e. The minimum absolute atomic E-state index is 0.505. The van der Waals surface area contributed by atoms with Crippen molar-refractivity contribution in [1.82, 2.24) is 19.9 Å². The van der Waals surface area contributed by atoms with Crippen molar-refractivity contribution in [2.75, 3.05) is 9.80 Å². The summed E-state index contributed by atoms with van der Waals surface area (Å²) in [6.07, 6.45) is 1.84. The molecule has 0 saturated carbocycles. The third kappa shape index (κ3) is 5.08. The van der Waals surface area contributed by atoms with Crippen molar-refractivity contribution in [3.05, 3.63) is 170 Å². The number of pyridine rings is 1. The zero-order valence-electron chi connectivity index (χ0n) is 24.8. The summed E-state index contributed by atoms with van der Waals surface area (Å²) in [6, 6.07) is 55.3. The summed E-state index contributed by atoms with van der Waals surface area (Å²) in [5.74, 6) is 1.57. The topological polar surface area (TPSA) is 58.0 Å². The highest BCUT2D eigenvalue weighted by atomic mass is 15.3. The van der Waals surface area contributed by atoms with Gasteiger partial charge in [0.05, 0.1) is 5.52 Å². The van der Waals surface area contributed by atoms with Crippen LogP contribution in [0.3, 0.4) is 0 Å². The highest BCUT2D eigenvalue weighted by molar-refractivity contribution is 6.09. The van der Waals surface area contributed by atoms with Gasteiger partial charge in [0.1, 0.15) is 0 Å². The number of anilines is 6. The van der Waals surface area contributed by atoms with E-state index < -0.39 is 0 Å². The van der Waals surface area contributed by atoms with E-state index in [9.17, 15) is 0 Å². The first kappa shape index (κ1) is 27.2. The number of nitrogens with zero attached hydrogens (tertiary/aromatic N) is 6. The zero-order chi connectivity index (χ0) is 30.7. The number of hydrogen-bond donors (Lipinski definition) is 0. The molecule has 0 amide bonds. The van der Waals surface area contributed by atoms with Crippen LogP contribution in [0.5, 0.6) is 0 Å². The van der Waals surface area contributed by atoms with E-state index in [1.807, 2.05) is 91.1 Å². The second-order valence-corrected chi connectivity index (χ2v) is 10.8. The summed E-state index contributed by atoms with van der Waals surface area (Å²) in [5, 5.41) is 3.15. The SMILES string of the molecule is c1ccc(N(c2ccccc2)c2nc(-c3cccc4c3ccc3cccnc34)nc(N(c3ccccc3)c3ccccc3)n2)cc1. The molecule has 6 aromatic carbocycles. The Kier molecular flexibility index (Phi) is 7.05. The Labute approximate surface area is 266 Å². The van der Waals surface area contributed by atoms with Gasteiger partial charge < -0.3 is 0 Å². The molecule has 0 N–H and O–H groups in total. The van der Waals surface area contributed by atoms with Gasteiger partial charge in [-0.3, -0.25) is 14.8 Å². The average molecular weight is 593 g/mol. The lowest BCUT2D eigenvalue weighted by atomic mass is 10.0. The Hall–Kier alpha value is -6.40. The molecule has 6 nitrogen and oxygen atoms in total. The summed E-state index contributed by atoms with van der Waals surface area (Å²) in [7, 11) is 0. The minimum Gasteiger partial charge on any atom is -0.279 e. The number of hydrogen-bond acceptors (Lipinski definition) is 6. The fraction of sp³-hybridized carbons (Fsp3) is 0. The molecule has 0 unspecified atom stereocenters. The van der Waals surface area contributed by atoms with Gasteiger partial charge >= 0.3 is 0 Å². The summed E-state index contributed by atoms with van der Waals surface area (Å²) < 4.78 is 0. The highest BCUT2D eigenvalue weighted by Gasteiger charge is 2.23. The monoisotopic (exact) mass is 592 g/mol. The molecule has 46 heavy (non-hydrogen) atoms. The molecule has 0 aliphatic rings. The number of fused-ring (bicyclic) bond motifs is 3. The summed E-state index contributed by atoms with van der Waals surface area (Å²) in [6.45, 7) is 0. The van der Waals surface area contributed by atoms with Crippen molar-refractivity contribution in [2.24, 2.45) is 0 Å². The molecular weight excluding hydrogens is 564 g/mol. The standard InChI is InChI=1S/C40H28N6/c1-5-16-30(17-6-1)45(31-18-7-2-8-19-31)39-42-38(36-25-13-24-35-34(36)27-26-29-15-14-28-41-37(29)35)43-40(44-39)46(32-20-9-3-10-21-32)33-22-11-4-12-23-33/h1-28H. The Balaban J connectivity index is 1.43. The molecule has 2 heterocycles. The van der Waals surface area contributed by atoms with Crippen molar-refractivity contribution in [3.8, 4) is 11.4 Å². The normalized spacial score (nSPS) is 11.0. The van der Waals surface area contributed by atoms with Gasteiger partial charge in [-0.25, -0.2) is 0 Å². The summed E-state index contributed by atoms with van der Waals surface area (Å²) >= 11 is 0. The van der Waals surface area contributed by atoms with Crippen molar-refractivity contribution in [3.63, 3.8) is 0 Å². The van der Waals surface area contributed by atoms with E-state index in [1.54, 1.807) is 0 Å². The van der Waals surface area contributed by atoms with Crippen molar-refractivity contribution in [2.45, 2.75) is 0 Å². The van der Waals surface area contributed by atoms with Crippen LogP contribution in [0.4, 0.5) is 34.6 Å². The first-order valence-corrected chi connectivity index (χ1v) is 15.2. The third-order valence-corrected chi connectivity index (χ3v) is 7.94. The second kappa shape index (κ2) is 11.9. The van der Waals surface area contributed by atoms with Crippen LogP contribution >= 0.6 is 0 Å². The highest BCUT2D eigenvalue weighted by Crippen LogP contribution is 2.39. The van der Waals surface area contributed by atoms with Gasteiger partial charge in [0, 0.05) is 45.3 Å². The maximum atomic E-state index is 5.21. The molecule has 0 atom stereocenters. The van der Waals surface area contributed by atoms with E-state index in [0.717, 1.165) is 50.0 Å². The molecule has 0 radical (unpaired) electrons. The molecule has 0 fully saturated rings. The predicted molar refractivity (Wildman–Crippen MR) is 187 cm³/mol. The van der Waals surface area contributed by atoms with Crippen molar-refractivity contribution >= 4 is 56.3 Å². The van der Waals surface area contributed by atoms with E-state index >= 15 is 0 Å². The minimum atomic E-state index is 0.505. The van der Waals surface area contributed by atoms with Crippen LogP contribution in [0.1, 0.15) is 0 Å². The van der Waals surface area contributed by atoms with E-state index in [0.29, 0.717) is 17.7 Å². The molecule has 8 aromatic rings. The Bertz CT molecular complexity index is 2080. The zero-order valence-corrected chi connectivity index (χ0v) is 24.8. The van der Waals surface area contributed by atoms with Crippen molar-refractivity contribution < 1.29 is 0 Å². The van der Waals surface area contributed by atoms with Crippen LogP contribution in [0.2, 0.25) is 0 Å². The van der Waals surface area contributed by atoms with Gasteiger partial charge in [-0.1, -0.05) is 109 Å². The Morgan fingerprint density at radius 1 is 0.370 bits per heavy atom. The van der Waals surface area contributed by atoms with Gasteiger partial charge in [0.25, 0.3) is 0 Å². The van der Waals surface area contributed by atoms with Crippen LogP contribution in [0.25, 0.3) is 33.1 Å². The molecule has 8 rings (SSSR count). The van der Waals surface area contributed by atoms with Gasteiger partial charge in [-0.15, -0.1) is 0 Å². The fourth-order valence-corrected chi connectivity index (χ4v) is 5.84. The quantitative estimate of drug-likeness (QED) is 0.172. The third-order valence-electron chi connectivity index (χ3n) is 7.94. The number of benzene rings is 6. The lowest BCUT2D eigenvalue weighted by Gasteiger charge is -2.27. The van der Waals surface area contributed by atoms with Crippen LogP contribution in [-0.4, -0.2) is 19.9 Å². The maximum Gasteiger partial charge on any atom is 0.240 e. The number of rotatable bonds is 7. The molecule has 0 aliphatic carbocycles. The van der Waals surface area contributed by atoms with Gasteiger partial charge in [0.15, 0.2) is 5.82 Å². The molecular formula is C40H28N6. The van der Waals surface area contributed by atoms with E-state index in [1.165, 1.54) is 0 Å².